The monoisotopic (exact) mass is 489 g/mol. The molecule has 1 N–H and O–H groups in total. The van der Waals surface area contributed by atoms with Gasteiger partial charge in [-0.3, -0.25) is 0 Å². The lowest BCUT2D eigenvalue weighted by Crippen LogP contribution is -2.58. The molecule has 5 heteroatoms. The van der Waals surface area contributed by atoms with E-state index in [1.165, 1.54) is 10.4 Å². The van der Waals surface area contributed by atoms with Gasteiger partial charge < -0.3 is 14.5 Å². The minimum atomic E-state index is -2.02. The summed E-state index contributed by atoms with van der Waals surface area (Å²) in [6.45, 7) is 11.1. The SMILES string of the molecule is CC[C@H](C)[C@H](NC(=O)OCc1ccccc1)C(O[SiH](c1ccccc1)c1ccccc1)C(C)(C)C. The van der Waals surface area contributed by atoms with Crippen LogP contribution in [-0.2, 0) is 15.8 Å². The summed E-state index contributed by atoms with van der Waals surface area (Å²) in [7, 11) is -2.02. The highest BCUT2D eigenvalue weighted by atomic mass is 28.3. The Morgan fingerprint density at radius 2 is 1.34 bits per heavy atom. The van der Waals surface area contributed by atoms with E-state index >= 15 is 0 Å². The van der Waals surface area contributed by atoms with Gasteiger partial charge in [0.2, 0.25) is 9.04 Å². The number of benzene rings is 3. The predicted molar refractivity (Wildman–Crippen MR) is 147 cm³/mol. The molecule has 186 valence electrons. The Morgan fingerprint density at radius 1 is 0.857 bits per heavy atom. The van der Waals surface area contributed by atoms with Gasteiger partial charge in [0.25, 0.3) is 0 Å². The van der Waals surface area contributed by atoms with Crippen LogP contribution in [-0.4, -0.2) is 27.3 Å². The summed E-state index contributed by atoms with van der Waals surface area (Å²) in [6, 6.07) is 30.5. The molecule has 0 saturated carbocycles. The highest BCUT2D eigenvalue weighted by molar-refractivity contribution is 6.80. The normalized spacial score (nSPS) is 14.2. The average Bonchev–Trinajstić information content (AvgIpc) is 2.87. The molecule has 0 fully saturated rings. The van der Waals surface area contributed by atoms with Crippen molar-refractivity contribution in [2.75, 3.05) is 0 Å². The standard InChI is InChI=1S/C30H39NO3Si/c1-6-23(2)27(31-29(32)33-22-24-16-10-7-11-17-24)28(30(3,4)5)34-35(25-18-12-8-13-19-25)26-20-14-9-15-21-26/h7-21,23,27-28,35H,6,22H2,1-5H3,(H,31,32)/t23-,27-,28?/m0/s1. The van der Waals surface area contributed by atoms with Crippen molar-refractivity contribution in [2.45, 2.75) is 59.8 Å². The van der Waals surface area contributed by atoms with Crippen LogP contribution in [0.1, 0.15) is 46.6 Å². The first-order valence-corrected chi connectivity index (χ1v) is 14.1. The zero-order chi connectivity index (χ0) is 25.3. The van der Waals surface area contributed by atoms with Crippen LogP contribution >= 0.6 is 0 Å². The summed E-state index contributed by atoms with van der Waals surface area (Å²) in [5.74, 6) is 0.213. The van der Waals surface area contributed by atoms with Crippen molar-refractivity contribution in [3.05, 3.63) is 96.6 Å². The summed E-state index contributed by atoms with van der Waals surface area (Å²) >= 11 is 0. The molecule has 1 amide bonds. The number of amides is 1. The Labute approximate surface area is 212 Å². The van der Waals surface area contributed by atoms with E-state index in [1.807, 2.05) is 42.5 Å². The Balaban J connectivity index is 1.87. The fourth-order valence-corrected chi connectivity index (χ4v) is 6.96. The van der Waals surface area contributed by atoms with Crippen molar-refractivity contribution in [1.29, 1.82) is 0 Å². The zero-order valence-corrected chi connectivity index (χ0v) is 22.8. The molecule has 4 nitrogen and oxygen atoms in total. The average molecular weight is 490 g/mol. The number of rotatable bonds is 10. The predicted octanol–water partition coefficient (Wildman–Crippen LogP) is 5.30. The van der Waals surface area contributed by atoms with Gasteiger partial charge in [-0.1, -0.05) is 132 Å². The van der Waals surface area contributed by atoms with Crippen molar-refractivity contribution >= 4 is 25.5 Å². The summed E-state index contributed by atoms with van der Waals surface area (Å²) in [5.41, 5.74) is 0.766. The van der Waals surface area contributed by atoms with Gasteiger partial charge in [0.05, 0.1) is 12.1 Å². The van der Waals surface area contributed by atoms with Crippen molar-refractivity contribution < 1.29 is 14.0 Å². The van der Waals surface area contributed by atoms with Crippen molar-refractivity contribution in [3.63, 3.8) is 0 Å². The molecule has 0 radical (unpaired) electrons. The third kappa shape index (κ3) is 7.81. The van der Waals surface area contributed by atoms with Crippen LogP contribution in [0.15, 0.2) is 91.0 Å². The molecule has 3 rings (SSSR count). The maximum atomic E-state index is 12.9. The van der Waals surface area contributed by atoms with Crippen molar-refractivity contribution in [1.82, 2.24) is 5.32 Å². The molecule has 0 aliphatic heterocycles. The van der Waals surface area contributed by atoms with Crippen LogP contribution in [0, 0.1) is 11.3 Å². The summed E-state index contributed by atoms with van der Waals surface area (Å²) in [5, 5.41) is 5.64. The molecule has 0 heterocycles. The van der Waals surface area contributed by atoms with Crippen molar-refractivity contribution in [3.8, 4) is 0 Å². The van der Waals surface area contributed by atoms with Gasteiger partial charge in [0, 0.05) is 0 Å². The molecule has 3 atom stereocenters. The quantitative estimate of drug-likeness (QED) is 0.393. The van der Waals surface area contributed by atoms with Crippen LogP contribution < -0.4 is 15.7 Å². The molecule has 3 aromatic rings. The van der Waals surface area contributed by atoms with E-state index < -0.39 is 15.1 Å². The van der Waals surface area contributed by atoms with Gasteiger partial charge in [-0.15, -0.1) is 0 Å². The highest BCUT2D eigenvalue weighted by Gasteiger charge is 2.39. The molecule has 35 heavy (non-hydrogen) atoms. The minimum Gasteiger partial charge on any atom is -0.445 e. The van der Waals surface area contributed by atoms with Crippen LogP contribution in [0.25, 0.3) is 0 Å². The molecule has 1 unspecified atom stereocenters. The second-order valence-corrected chi connectivity index (χ2v) is 12.6. The highest BCUT2D eigenvalue weighted by Crippen LogP contribution is 2.30. The fourth-order valence-electron chi connectivity index (χ4n) is 4.25. The van der Waals surface area contributed by atoms with E-state index in [9.17, 15) is 4.79 Å². The Bertz CT molecular complexity index is 982. The molecule has 3 aromatic carbocycles. The van der Waals surface area contributed by atoms with E-state index in [4.69, 9.17) is 9.16 Å². The molecular weight excluding hydrogens is 450 g/mol. The molecule has 0 bridgehead atoms. The smallest absolute Gasteiger partial charge is 0.407 e. The van der Waals surface area contributed by atoms with Crippen molar-refractivity contribution in [2.24, 2.45) is 11.3 Å². The van der Waals surface area contributed by atoms with E-state index in [2.05, 4.69) is 88.5 Å². The number of carbonyl (C=O) groups excluding carboxylic acids is 1. The van der Waals surface area contributed by atoms with Crippen LogP contribution in [0.4, 0.5) is 4.79 Å². The third-order valence-corrected chi connectivity index (χ3v) is 8.97. The Hall–Kier alpha value is -2.89. The number of hydrogen-bond donors (Lipinski definition) is 1. The van der Waals surface area contributed by atoms with Gasteiger partial charge in [-0.05, 0) is 27.3 Å². The minimum absolute atomic E-state index is 0.189. The maximum Gasteiger partial charge on any atom is 0.407 e. The third-order valence-electron chi connectivity index (χ3n) is 6.42. The molecule has 0 aromatic heterocycles. The summed E-state index contributed by atoms with van der Waals surface area (Å²) in [4.78, 5) is 12.9. The lowest BCUT2D eigenvalue weighted by Gasteiger charge is -2.42. The first-order valence-electron chi connectivity index (χ1n) is 12.5. The number of hydrogen-bond acceptors (Lipinski definition) is 3. The second kappa shape index (κ2) is 12.7. The fraction of sp³-hybridized carbons (Fsp3) is 0.367. The maximum absolute atomic E-state index is 12.9. The number of carbonyl (C=O) groups is 1. The molecule has 0 aliphatic rings. The van der Waals surface area contributed by atoms with Crippen LogP contribution in [0.5, 0.6) is 0 Å². The second-order valence-electron chi connectivity index (χ2n) is 10.2. The van der Waals surface area contributed by atoms with Crippen LogP contribution in [0.3, 0.4) is 0 Å². The lowest BCUT2D eigenvalue weighted by atomic mass is 9.80. The van der Waals surface area contributed by atoms with Gasteiger partial charge in [-0.2, -0.15) is 0 Å². The Morgan fingerprint density at radius 3 is 1.80 bits per heavy atom. The number of nitrogens with one attached hydrogen (secondary N) is 1. The lowest BCUT2D eigenvalue weighted by molar-refractivity contribution is 0.0302. The molecule has 0 aliphatic carbocycles. The number of alkyl carbamates (subject to hydrolysis) is 1. The number of ether oxygens (including phenoxy) is 1. The van der Waals surface area contributed by atoms with E-state index in [1.54, 1.807) is 0 Å². The summed E-state index contributed by atoms with van der Waals surface area (Å²) in [6.07, 6.45) is 0.316. The van der Waals surface area contributed by atoms with E-state index in [0.717, 1.165) is 12.0 Å². The van der Waals surface area contributed by atoms with Gasteiger partial charge in [0.15, 0.2) is 0 Å². The first-order chi connectivity index (χ1) is 16.8. The van der Waals surface area contributed by atoms with E-state index in [-0.39, 0.29) is 30.1 Å². The van der Waals surface area contributed by atoms with Crippen LogP contribution in [0.2, 0.25) is 0 Å². The molecule has 0 spiro atoms. The topological polar surface area (TPSA) is 47.6 Å². The van der Waals surface area contributed by atoms with Gasteiger partial charge in [-0.25, -0.2) is 4.79 Å². The Kier molecular flexibility index (Phi) is 9.70. The largest absolute Gasteiger partial charge is 0.445 e. The van der Waals surface area contributed by atoms with E-state index in [0.29, 0.717) is 0 Å². The summed E-state index contributed by atoms with van der Waals surface area (Å²) < 4.78 is 12.7. The van der Waals surface area contributed by atoms with Gasteiger partial charge in [0.1, 0.15) is 6.61 Å². The van der Waals surface area contributed by atoms with Gasteiger partial charge >= 0.3 is 6.09 Å². The first kappa shape index (κ1) is 26.7. The molecule has 0 saturated heterocycles. The molecular formula is C30H39NO3Si. The zero-order valence-electron chi connectivity index (χ0n) is 21.6.